The average molecular weight is 430 g/mol. The van der Waals surface area contributed by atoms with Crippen molar-refractivity contribution < 1.29 is 37.9 Å². The SMILES string of the molecule is COc1cc([C@@H]2OC[C@@H]3[C@@H]2CO[C@@H]3c2cc(OC)c3c(c2)OCO3)cc(OC)c1OC. The van der Waals surface area contributed by atoms with Crippen LogP contribution in [-0.4, -0.2) is 48.4 Å². The van der Waals surface area contributed by atoms with E-state index in [0.29, 0.717) is 47.7 Å². The Bertz CT molecular complexity index is 949. The third-order valence-corrected chi connectivity index (χ3v) is 6.29. The lowest BCUT2D eigenvalue weighted by atomic mass is 9.84. The summed E-state index contributed by atoms with van der Waals surface area (Å²) in [6, 6.07) is 7.84. The van der Waals surface area contributed by atoms with Gasteiger partial charge in [0.2, 0.25) is 18.3 Å². The summed E-state index contributed by atoms with van der Waals surface area (Å²) < 4.78 is 45.6. The summed E-state index contributed by atoms with van der Waals surface area (Å²) in [6.07, 6.45) is -0.236. The van der Waals surface area contributed by atoms with E-state index in [1.165, 1.54) is 0 Å². The van der Waals surface area contributed by atoms with Gasteiger partial charge >= 0.3 is 0 Å². The van der Waals surface area contributed by atoms with Crippen LogP contribution in [-0.2, 0) is 9.47 Å². The van der Waals surface area contributed by atoms with Crippen LogP contribution in [0.2, 0.25) is 0 Å². The van der Waals surface area contributed by atoms with E-state index >= 15 is 0 Å². The second kappa shape index (κ2) is 8.01. The minimum Gasteiger partial charge on any atom is -0.493 e. The van der Waals surface area contributed by atoms with E-state index in [2.05, 4.69) is 0 Å². The molecule has 0 unspecified atom stereocenters. The fourth-order valence-corrected chi connectivity index (χ4v) is 4.81. The van der Waals surface area contributed by atoms with Crippen molar-refractivity contribution in [3.05, 3.63) is 35.4 Å². The van der Waals surface area contributed by atoms with Crippen LogP contribution in [0.25, 0.3) is 0 Å². The predicted octanol–water partition coefficient (Wildman–Crippen LogP) is 3.52. The van der Waals surface area contributed by atoms with Gasteiger partial charge in [-0.1, -0.05) is 0 Å². The molecule has 0 bridgehead atoms. The van der Waals surface area contributed by atoms with E-state index in [-0.39, 0.29) is 30.8 Å². The summed E-state index contributed by atoms with van der Waals surface area (Å²) >= 11 is 0. The number of rotatable bonds is 6. The van der Waals surface area contributed by atoms with Gasteiger partial charge in [-0.05, 0) is 35.4 Å². The van der Waals surface area contributed by atoms with Gasteiger partial charge in [-0.25, -0.2) is 0 Å². The Kier molecular flexibility index (Phi) is 5.19. The number of fused-ring (bicyclic) bond motifs is 2. The van der Waals surface area contributed by atoms with E-state index < -0.39 is 0 Å². The number of benzene rings is 2. The molecule has 3 heterocycles. The number of ether oxygens (including phenoxy) is 8. The first kappa shape index (κ1) is 20.1. The first-order valence-corrected chi connectivity index (χ1v) is 10.2. The summed E-state index contributed by atoms with van der Waals surface area (Å²) in [7, 11) is 6.44. The fourth-order valence-electron chi connectivity index (χ4n) is 4.81. The first-order valence-electron chi connectivity index (χ1n) is 10.2. The minimum atomic E-state index is -0.125. The molecule has 8 heteroatoms. The molecule has 8 nitrogen and oxygen atoms in total. The molecular weight excluding hydrogens is 404 g/mol. The highest BCUT2D eigenvalue weighted by Crippen LogP contribution is 2.54. The van der Waals surface area contributed by atoms with Crippen molar-refractivity contribution >= 4 is 0 Å². The largest absolute Gasteiger partial charge is 0.493 e. The molecule has 2 aromatic rings. The zero-order valence-corrected chi connectivity index (χ0v) is 18.0. The van der Waals surface area contributed by atoms with Crippen LogP contribution in [0.1, 0.15) is 23.3 Å². The highest BCUT2D eigenvalue weighted by atomic mass is 16.7. The molecule has 2 aromatic carbocycles. The first-order chi connectivity index (χ1) is 15.2. The zero-order chi connectivity index (χ0) is 21.5. The monoisotopic (exact) mass is 430 g/mol. The Morgan fingerprint density at radius 2 is 1.23 bits per heavy atom. The molecule has 2 saturated heterocycles. The highest BCUT2D eigenvalue weighted by Gasteiger charge is 2.48. The molecule has 0 amide bonds. The second-order valence-corrected chi connectivity index (χ2v) is 7.75. The lowest BCUT2D eigenvalue weighted by Gasteiger charge is -2.20. The van der Waals surface area contributed by atoms with Crippen LogP contribution in [0.5, 0.6) is 34.5 Å². The zero-order valence-electron chi connectivity index (χ0n) is 18.0. The van der Waals surface area contributed by atoms with Crippen LogP contribution in [0, 0.1) is 11.8 Å². The highest BCUT2D eigenvalue weighted by molar-refractivity contribution is 5.56. The third-order valence-electron chi connectivity index (χ3n) is 6.29. The molecule has 2 fully saturated rings. The summed E-state index contributed by atoms with van der Waals surface area (Å²) in [5.41, 5.74) is 1.98. The standard InChI is InChI=1S/C23H26O8/c1-24-16-5-12(6-17(25-2)22(16)27-4)20-14-9-29-21(15(14)10-28-20)13-7-18(26-3)23-19(8-13)30-11-31-23/h5-8,14-15,20-21H,9-11H2,1-4H3/t14-,15+,20-,21+/m0/s1. The van der Waals surface area contributed by atoms with Crippen molar-refractivity contribution in [2.75, 3.05) is 48.4 Å². The van der Waals surface area contributed by atoms with Gasteiger partial charge in [0.05, 0.1) is 53.9 Å². The van der Waals surface area contributed by atoms with Crippen molar-refractivity contribution in [3.8, 4) is 34.5 Å². The predicted molar refractivity (Wildman–Crippen MR) is 110 cm³/mol. The molecule has 0 saturated carbocycles. The molecule has 0 radical (unpaired) electrons. The molecular formula is C23H26O8. The van der Waals surface area contributed by atoms with E-state index in [1.54, 1.807) is 28.4 Å². The Balaban J connectivity index is 1.44. The number of hydrogen-bond acceptors (Lipinski definition) is 8. The maximum atomic E-state index is 6.26. The van der Waals surface area contributed by atoms with E-state index in [1.807, 2.05) is 24.3 Å². The Hall–Kier alpha value is -2.84. The van der Waals surface area contributed by atoms with Crippen molar-refractivity contribution in [3.63, 3.8) is 0 Å². The van der Waals surface area contributed by atoms with Gasteiger partial charge in [0.1, 0.15) is 0 Å². The van der Waals surface area contributed by atoms with Crippen LogP contribution in [0.4, 0.5) is 0 Å². The second-order valence-electron chi connectivity index (χ2n) is 7.75. The summed E-state index contributed by atoms with van der Waals surface area (Å²) in [6.45, 7) is 1.37. The van der Waals surface area contributed by atoms with Gasteiger partial charge in [-0.3, -0.25) is 0 Å². The van der Waals surface area contributed by atoms with Gasteiger partial charge < -0.3 is 37.9 Å². The molecule has 0 aliphatic carbocycles. The Labute approximate surface area is 180 Å². The molecule has 3 aliphatic rings. The van der Waals surface area contributed by atoms with E-state index in [0.717, 1.165) is 11.1 Å². The van der Waals surface area contributed by atoms with Crippen molar-refractivity contribution in [1.82, 2.24) is 0 Å². The van der Waals surface area contributed by atoms with Crippen LogP contribution in [0.15, 0.2) is 24.3 Å². The minimum absolute atomic E-state index is 0.111. The van der Waals surface area contributed by atoms with Crippen LogP contribution >= 0.6 is 0 Å². The summed E-state index contributed by atoms with van der Waals surface area (Å²) in [5.74, 6) is 4.16. The Morgan fingerprint density at radius 3 is 1.77 bits per heavy atom. The van der Waals surface area contributed by atoms with Crippen molar-refractivity contribution in [2.24, 2.45) is 11.8 Å². The fraction of sp³-hybridized carbons (Fsp3) is 0.478. The Morgan fingerprint density at radius 1 is 0.677 bits per heavy atom. The van der Waals surface area contributed by atoms with Crippen LogP contribution < -0.4 is 28.4 Å². The number of hydrogen-bond donors (Lipinski definition) is 0. The van der Waals surface area contributed by atoms with Crippen molar-refractivity contribution in [2.45, 2.75) is 12.2 Å². The van der Waals surface area contributed by atoms with Crippen LogP contribution in [0.3, 0.4) is 0 Å². The van der Waals surface area contributed by atoms with E-state index in [4.69, 9.17) is 37.9 Å². The quantitative estimate of drug-likeness (QED) is 0.689. The molecule has 31 heavy (non-hydrogen) atoms. The molecule has 0 aromatic heterocycles. The van der Waals surface area contributed by atoms with E-state index in [9.17, 15) is 0 Å². The maximum Gasteiger partial charge on any atom is 0.231 e. The van der Waals surface area contributed by atoms with Gasteiger partial charge in [-0.15, -0.1) is 0 Å². The maximum absolute atomic E-state index is 6.26. The van der Waals surface area contributed by atoms with Gasteiger partial charge in [-0.2, -0.15) is 0 Å². The summed E-state index contributed by atoms with van der Waals surface area (Å²) in [4.78, 5) is 0. The lowest BCUT2D eigenvalue weighted by molar-refractivity contribution is 0.0190. The smallest absolute Gasteiger partial charge is 0.231 e. The molecule has 0 spiro atoms. The van der Waals surface area contributed by atoms with Crippen molar-refractivity contribution in [1.29, 1.82) is 0 Å². The molecule has 4 atom stereocenters. The average Bonchev–Trinajstić information content (AvgIpc) is 3.53. The van der Waals surface area contributed by atoms with Gasteiger partial charge in [0.25, 0.3) is 0 Å². The third kappa shape index (κ3) is 3.21. The van der Waals surface area contributed by atoms with Gasteiger partial charge in [0.15, 0.2) is 23.0 Å². The number of methoxy groups -OCH3 is 4. The molecule has 166 valence electrons. The molecule has 0 N–H and O–H groups in total. The molecule has 5 rings (SSSR count). The molecule has 3 aliphatic heterocycles. The lowest BCUT2D eigenvalue weighted by Crippen LogP contribution is -2.15. The normalized spacial score (nSPS) is 25.9. The van der Waals surface area contributed by atoms with Gasteiger partial charge in [0, 0.05) is 11.8 Å². The topological polar surface area (TPSA) is 73.8 Å². The summed E-state index contributed by atoms with van der Waals surface area (Å²) in [5, 5.41) is 0.